The molecule has 4 heteroatoms. The fraction of sp³-hybridized carbons (Fsp3) is 0.625. The summed E-state index contributed by atoms with van der Waals surface area (Å²) in [6.45, 7) is 5.97. The van der Waals surface area contributed by atoms with E-state index in [9.17, 15) is 5.11 Å². The molecule has 4 nitrogen and oxygen atoms in total. The topological polar surface area (TPSA) is 61.7 Å². The molecule has 0 heterocycles. The second kappa shape index (κ2) is 9.75. The van der Waals surface area contributed by atoms with Crippen LogP contribution >= 0.6 is 0 Å². The molecule has 1 rings (SSSR count). The molecule has 3 N–H and O–H groups in total. The molecule has 114 valence electrons. The van der Waals surface area contributed by atoms with E-state index in [0.29, 0.717) is 12.5 Å². The highest BCUT2D eigenvalue weighted by atomic mass is 16.5. The summed E-state index contributed by atoms with van der Waals surface area (Å²) in [6, 6.07) is 7.94. The Labute approximate surface area is 121 Å². The van der Waals surface area contributed by atoms with E-state index in [4.69, 9.17) is 9.84 Å². The average molecular weight is 281 g/mol. The minimum Gasteiger partial charge on any atom is -0.491 e. The van der Waals surface area contributed by atoms with Crippen LogP contribution in [0.1, 0.15) is 25.8 Å². The van der Waals surface area contributed by atoms with E-state index >= 15 is 0 Å². The predicted octanol–water partition coefficient (Wildman–Crippen LogP) is 1.60. The van der Waals surface area contributed by atoms with Crippen molar-refractivity contribution in [1.82, 2.24) is 5.32 Å². The zero-order valence-electron chi connectivity index (χ0n) is 12.5. The fourth-order valence-electron chi connectivity index (χ4n) is 1.93. The van der Waals surface area contributed by atoms with Gasteiger partial charge >= 0.3 is 0 Å². The third kappa shape index (κ3) is 6.89. The summed E-state index contributed by atoms with van der Waals surface area (Å²) in [7, 11) is 0. The molecule has 0 spiro atoms. The van der Waals surface area contributed by atoms with Gasteiger partial charge in [-0.05, 0) is 43.0 Å². The lowest BCUT2D eigenvalue weighted by Crippen LogP contribution is -2.34. The number of benzene rings is 1. The minimum absolute atomic E-state index is 0.211. The van der Waals surface area contributed by atoms with Crippen LogP contribution in [0.25, 0.3) is 0 Å². The first-order valence-corrected chi connectivity index (χ1v) is 7.37. The first-order valence-electron chi connectivity index (χ1n) is 7.37. The Morgan fingerprint density at radius 2 is 2.10 bits per heavy atom. The average Bonchev–Trinajstić information content (AvgIpc) is 2.45. The number of aryl methyl sites for hydroxylation is 1. The van der Waals surface area contributed by atoms with Crippen molar-refractivity contribution in [2.75, 3.05) is 26.3 Å². The Hall–Kier alpha value is -1.10. The van der Waals surface area contributed by atoms with Crippen LogP contribution in [0.4, 0.5) is 0 Å². The summed E-state index contributed by atoms with van der Waals surface area (Å²) in [5.74, 6) is 1.21. The third-order valence-corrected chi connectivity index (χ3v) is 3.24. The van der Waals surface area contributed by atoms with E-state index in [2.05, 4.69) is 25.2 Å². The van der Waals surface area contributed by atoms with Gasteiger partial charge in [0.1, 0.15) is 18.5 Å². The second-order valence-corrected chi connectivity index (χ2v) is 5.24. The van der Waals surface area contributed by atoms with Gasteiger partial charge in [-0.2, -0.15) is 0 Å². The molecule has 1 aromatic rings. The summed E-state index contributed by atoms with van der Waals surface area (Å²) in [4.78, 5) is 0. The van der Waals surface area contributed by atoms with Gasteiger partial charge in [0.15, 0.2) is 0 Å². The number of hydrogen-bond donors (Lipinski definition) is 3. The molecule has 0 amide bonds. The van der Waals surface area contributed by atoms with E-state index in [1.807, 2.05) is 18.2 Å². The maximum Gasteiger partial charge on any atom is 0.119 e. The molecule has 0 fully saturated rings. The molecule has 0 aliphatic rings. The van der Waals surface area contributed by atoms with E-state index in [1.54, 1.807) is 0 Å². The second-order valence-electron chi connectivity index (χ2n) is 5.24. The number of ether oxygens (including phenoxy) is 1. The Morgan fingerprint density at radius 1 is 1.30 bits per heavy atom. The molecule has 20 heavy (non-hydrogen) atoms. The maximum atomic E-state index is 9.84. The Morgan fingerprint density at radius 3 is 2.80 bits per heavy atom. The monoisotopic (exact) mass is 281 g/mol. The molecule has 0 aliphatic carbocycles. The summed E-state index contributed by atoms with van der Waals surface area (Å²) in [6.07, 6.45) is 1.23. The van der Waals surface area contributed by atoms with Crippen LogP contribution in [0.15, 0.2) is 24.3 Å². The molecule has 1 aromatic carbocycles. The van der Waals surface area contributed by atoms with Gasteiger partial charge in [0.05, 0.1) is 0 Å². The quantitative estimate of drug-likeness (QED) is 0.609. The standard InChI is InChI=1S/C16H27NO3/c1-3-14-5-4-6-16(9-14)20-12-15(19)11-17-10-13(2)7-8-18/h4-6,9,13,15,17-19H,3,7-8,10-12H2,1-2H3. The smallest absolute Gasteiger partial charge is 0.119 e. The molecule has 0 radical (unpaired) electrons. The molecular weight excluding hydrogens is 254 g/mol. The normalized spacial score (nSPS) is 14.0. The Balaban J connectivity index is 2.20. The zero-order valence-corrected chi connectivity index (χ0v) is 12.5. The number of hydrogen-bond acceptors (Lipinski definition) is 4. The highest BCUT2D eigenvalue weighted by Crippen LogP contribution is 2.13. The number of nitrogens with one attached hydrogen (secondary N) is 1. The van der Waals surface area contributed by atoms with Crippen LogP contribution in [0.2, 0.25) is 0 Å². The van der Waals surface area contributed by atoms with Gasteiger partial charge in [0.2, 0.25) is 0 Å². The van der Waals surface area contributed by atoms with Crippen LogP contribution in [0, 0.1) is 5.92 Å². The summed E-state index contributed by atoms with van der Waals surface area (Å²) in [5.41, 5.74) is 1.23. The molecule has 0 aromatic heterocycles. The molecule has 0 saturated carbocycles. The fourth-order valence-corrected chi connectivity index (χ4v) is 1.93. The minimum atomic E-state index is -0.526. The van der Waals surface area contributed by atoms with Crippen molar-refractivity contribution in [2.24, 2.45) is 5.92 Å². The first-order chi connectivity index (χ1) is 9.65. The molecule has 0 bridgehead atoms. The van der Waals surface area contributed by atoms with Crippen molar-refractivity contribution in [3.05, 3.63) is 29.8 Å². The van der Waals surface area contributed by atoms with Gasteiger partial charge < -0.3 is 20.3 Å². The highest BCUT2D eigenvalue weighted by molar-refractivity contribution is 5.28. The number of aliphatic hydroxyl groups excluding tert-OH is 2. The van der Waals surface area contributed by atoms with E-state index in [1.165, 1.54) is 5.56 Å². The number of rotatable bonds is 10. The lowest BCUT2D eigenvalue weighted by molar-refractivity contribution is 0.105. The van der Waals surface area contributed by atoms with Gasteiger partial charge in [0.25, 0.3) is 0 Å². The highest BCUT2D eigenvalue weighted by Gasteiger charge is 2.07. The summed E-state index contributed by atoms with van der Waals surface area (Å²) >= 11 is 0. The van der Waals surface area contributed by atoms with Crippen LogP contribution in [0.5, 0.6) is 5.75 Å². The van der Waals surface area contributed by atoms with Crippen molar-refractivity contribution in [1.29, 1.82) is 0 Å². The third-order valence-electron chi connectivity index (χ3n) is 3.24. The van der Waals surface area contributed by atoms with E-state index < -0.39 is 6.10 Å². The molecule has 0 aliphatic heterocycles. The van der Waals surface area contributed by atoms with Gasteiger partial charge in [-0.3, -0.25) is 0 Å². The molecule has 2 atom stereocenters. The van der Waals surface area contributed by atoms with Crippen molar-refractivity contribution in [3.8, 4) is 5.75 Å². The van der Waals surface area contributed by atoms with Crippen LogP contribution in [0.3, 0.4) is 0 Å². The molecule has 2 unspecified atom stereocenters. The molecule has 0 saturated heterocycles. The van der Waals surface area contributed by atoms with Crippen molar-refractivity contribution in [3.63, 3.8) is 0 Å². The van der Waals surface area contributed by atoms with Crippen LogP contribution in [-0.2, 0) is 6.42 Å². The van der Waals surface area contributed by atoms with Crippen molar-refractivity contribution < 1.29 is 14.9 Å². The first kappa shape index (κ1) is 17.0. The maximum absolute atomic E-state index is 9.84. The Bertz CT molecular complexity index is 370. The number of aliphatic hydroxyl groups is 2. The van der Waals surface area contributed by atoms with Crippen LogP contribution < -0.4 is 10.1 Å². The molecular formula is C16H27NO3. The van der Waals surface area contributed by atoms with Gasteiger partial charge in [-0.15, -0.1) is 0 Å². The lowest BCUT2D eigenvalue weighted by Gasteiger charge is -2.15. The van der Waals surface area contributed by atoms with Gasteiger partial charge in [-0.1, -0.05) is 26.0 Å². The summed E-state index contributed by atoms with van der Waals surface area (Å²) < 4.78 is 5.59. The SMILES string of the molecule is CCc1cccc(OCC(O)CNCC(C)CCO)c1. The van der Waals surface area contributed by atoms with Gasteiger partial charge in [-0.25, -0.2) is 0 Å². The van der Waals surface area contributed by atoms with E-state index in [-0.39, 0.29) is 13.2 Å². The zero-order chi connectivity index (χ0) is 14.8. The summed E-state index contributed by atoms with van der Waals surface area (Å²) in [5, 5.41) is 21.8. The predicted molar refractivity (Wildman–Crippen MR) is 81.1 cm³/mol. The lowest BCUT2D eigenvalue weighted by atomic mass is 10.1. The van der Waals surface area contributed by atoms with E-state index in [0.717, 1.165) is 25.1 Å². The van der Waals surface area contributed by atoms with Gasteiger partial charge in [0, 0.05) is 13.2 Å². The largest absolute Gasteiger partial charge is 0.491 e. The van der Waals surface area contributed by atoms with Crippen molar-refractivity contribution in [2.45, 2.75) is 32.8 Å². The van der Waals surface area contributed by atoms with Crippen LogP contribution in [-0.4, -0.2) is 42.6 Å². The van der Waals surface area contributed by atoms with Crippen molar-refractivity contribution >= 4 is 0 Å². The Kier molecular flexibility index (Phi) is 8.26.